The lowest BCUT2D eigenvalue weighted by atomic mass is 9.75. The van der Waals surface area contributed by atoms with E-state index in [4.69, 9.17) is 14.5 Å². The first-order valence-electron chi connectivity index (χ1n) is 10.9. The first kappa shape index (κ1) is 18.0. The molecular weight excluding hydrogens is 376 g/mol. The summed E-state index contributed by atoms with van der Waals surface area (Å²) in [4.78, 5) is 10.0. The normalized spacial score (nSPS) is 31.0. The maximum Gasteiger partial charge on any atom is 0.231 e. The number of aromatic nitrogens is 1. The van der Waals surface area contributed by atoms with Crippen LogP contribution in [-0.2, 0) is 0 Å². The summed E-state index contributed by atoms with van der Waals surface area (Å²) in [5, 5.41) is 9.91. The Balaban J connectivity index is 1.46. The fraction of sp³-hybridized carbons (Fsp3) is 0.500. The topological polar surface area (TPSA) is 61.6 Å². The van der Waals surface area contributed by atoms with Gasteiger partial charge in [-0.1, -0.05) is 6.07 Å². The largest absolute Gasteiger partial charge is 0.454 e. The van der Waals surface area contributed by atoms with E-state index in [1.54, 1.807) is 0 Å². The molecule has 2 aromatic rings. The van der Waals surface area contributed by atoms with Crippen molar-refractivity contribution in [3.8, 4) is 17.6 Å². The molecule has 6 heteroatoms. The van der Waals surface area contributed by atoms with Gasteiger partial charge in [0.05, 0.1) is 5.56 Å². The fourth-order valence-electron chi connectivity index (χ4n) is 6.26. The van der Waals surface area contributed by atoms with Crippen LogP contribution in [0.15, 0.2) is 24.3 Å². The number of hydrogen-bond acceptors (Lipinski definition) is 6. The van der Waals surface area contributed by atoms with Gasteiger partial charge >= 0.3 is 0 Å². The van der Waals surface area contributed by atoms with Crippen molar-refractivity contribution in [2.24, 2.45) is 5.92 Å². The number of nitrogens with zero attached hydrogens (tertiary/aromatic N) is 4. The zero-order chi connectivity index (χ0) is 20.4. The number of fused-ring (bicyclic) bond motifs is 3. The highest BCUT2D eigenvalue weighted by atomic mass is 16.7. The number of benzene rings is 1. The summed E-state index contributed by atoms with van der Waals surface area (Å²) in [5.41, 5.74) is 4.02. The molecule has 0 unspecified atom stereocenters. The predicted molar refractivity (Wildman–Crippen MR) is 113 cm³/mol. The summed E-state index contributed by atoms with van der Waals surface area (Å²) in [5.74, 6) is 3.58. The van der Waals surface area contributed by atoms with E-state index in [-0.39, 0.29) is 0 Å². The maximum absolute atomic E-state index is 9.91. The van der Waals surface area contributed by atoms with Crippen molar-refractivity contribution in [3.63, 3.8) is 0 Å². The molecule has 2 bridgehead atoms. The molecule has 1 aromatic carbocycles. The highest BCUT2D eigenvalue weighted by Gasteiger charge is 2.54. The van der Waals surface area contributed by atoms with E-state index in [1.807, 2.05) is 26.0 Å². The highest BCUT2D eigenvalue weighted by molar-refractivity contribution is 5.61. The molecule has 7 rings (SSSR count). The van der Waals surface area contributed by atoms with Crippen molar-refractivity contribution in [2.45, 2.75) is 44.7 Å². The van der Waals surface area contributed by atoms with E-state index >= 15 is 0 Å². The van der Waals surface area contributed by atoms with Gasteiger partial charge in [-0.05, 0) is 75.0 Å². The molecule has 0 spiro atoms. The van der Waals surface area contributed by atoms with Gasteiger partial charge < -0.3 is 14.4 Å². The third-order valence-electron chi connectivity index (χ3n) is 7.53. The van der Waals surface area contributed by atoms with E-state index < -0.39 is 0 Å². The minimum Gasteiger partial charge on any atom is -0.454 e. The molecular formula is C24H26N4O2. The number of rotatable bonds is 2. The van der Waals surface area contributed by atoms with Gasteiger partial charge in [-0.15, -0.1) is 0 Å². The van der Waals surface area contributed by atoms with Gasteiger partial charge in [0, 0.05) is 30.2 Å². The first-order chi connectivity index (χ1) is 14.6. The van der Waals surface area contributed by atoms with Crippen LogP contribution < -0.4 is 14.4 Å². The number of piperidine rings is 3. The zero-order valence-electron chi connectivity index (χ0n) is 17.5. The van der Waals surface area contributed by atoms with Crippen LogP contribution in [0, 0.1) is 31.1 Å². The Labute approximate surface area is 177 Å². The van der Waals surface area contributed by atoms with Gasteiger partial charge in [-0.2, -0.15) is 5.26 Å². The third-order valence-corrected chi connectivity index (χ3v) is 7.53. The molecule has 0 radical (unpaired) electrons. The maximum atomic E-state index is 9.91. The van der Waals surface area contributed by atoms with Crippen LogP contribution >= 0.6 is 0 Å². The molecule has 5 aliphatic heterocycles. The van der Waals surface area contributed by atoms with Crippen molar-refractivity contribution in [2.75, 3.05) is 31.3 Å². The highest BCUT2D eigenvalue weighted by Crippen LogP contribution is 2.49. The van der Waals surface area contributed by atoms with Crippen LogP contribution in [-0.4, -0.2) is 48.4 Å². The summed E-state index contributed by atoms with van der Waals surface area (Å²) in [7, 11) is 0. The Bertz CT molecular complexity index is 1050. The quantitative estimate of drug-likeness (QED) is 0.768. The minimum absolute atomic E-state index is 0.299. The molecule has 4 saturated heterocycles. The Hall–Kier alpha value is -2.78. The fourth-order valence-corrected chi connectivity index (χ4v) is 6.26. The van der Waals surface area contributed by atoms with Crippen LogP contribution in [0.3, 0.4) is 0 Å². The average Bonchev–Trinajstić information content (AvgIpc) is 3.39. The average molecular weight is 402 g/mol. The SMILES string of the molecule is Cc1cc(C)c(C#N)c(N2C[C@@H](c3ccc4c(c3)OCO4)[C@@H]3[C@H]2C2CCN3CC2)n1. The molecule has 0 amide bonds. The van der Waals surface area contributed by atoms with Gasteiger partial charge in [-0.3, -0.25) is 4.90 Å². The number of anilines is 1. The van der Waals surface area contributed by atoms with Gasteiger partial charge in [0.15, 0.2) is 11.5 Å². The molecule has 0 N–H and O–H groups in total. The summed E-state index contributed by atoms with van der Waals surface area (Å²) in [6, 6.07) is 11.7. The van der Waals surface area contributed by atoms with Crippen molar-refractivity contribution in [1.82, 2.24) is 9.88 Å². The van der Waals surface area contributed by atoms with Crippen LogP contribution in [0.25, 0.3) is 0 Å². The second-order valence-electron chi connectivity index (χ2n) is 9.12. The lowest BCUT2D eigenvalue weighted by molar-refractivity contribution is 0.0354. The molecule has 1 aromatic heterocycles. The van der Waals surface area contributed by atoms with Crippen molar-refractivity contribution in [1.29, 1.82) is 5.26 Å². The van der Waals surface area contributed by atoms with E-state index in [2.05, 4.69) is 28.0 Å². The third kappa shape index (κ3) is 2.55. The van der Waals surface area contributed by atoms with Crippen molar-refractivity contribution < 1.29 is 9.47 Å². The summed E-state index contributed by atoms with van der Waals surface area (Å²) in [6.07, 6.45) is 2.47. The number of pyridine rings is 1. The van der Waals surface area contributed by atoms with E-state index in [1.165, 1.54) is 31.5 Å². The second-order valence-corrected chi connectivity index (χ2v) is 9.12. The van der Waals surface area contributed by atoms with E-state index in [9.17, 15) is 5.26 Å². The van der Waals surface area contributed by atoms with Crippen molar-refractivity contribution in [3.05, 3.63) is 46.6 Å². The number of nitriles is 1. The molecule has 5 aliphatic rings. The Kier molecular flexibility index (Phi) is 3.97. The van der Waals surface area contributed by atoms with Gasteiger partial charge in [0.2, 0.25) is 6.79 Å². The molecule has 6 nitrogen and oxygen atoms in total. The van der Waals surface area contributed by atoms with E-state index in [0.29, 0.717) is 30.7 Å². The lowest BCUT2D eigenvalue weighted by Gasteiger charge is -2.51. The van der Waals surface area contributed by atoms with Crippen LogP contribution in [0.1, 0.15) is 41.1 Å². The number of ether oxygens (including phenoxy) is 2. The zero-order valence-corrected chi connectivity index (χ0v) is 17.5. The standard InChI is InChI=1S/C24H26N4O2/c1-14-9-15(2)26-24(18(14)11-25)28-12-19(17-3-4-20-21(10-17)30-13-29-20)23-22(28)16-5-7-27(23)8-6-16/h3-4,9-10,16,19,22-23H,5-8,12-13H2,1-2H3/t19-,22+,23+/m0/s1. The molecule has 154 valence electrons. The molecule has 0 saturated carbocycles. The molecule has 30 heavy (non-hydrogen) atoms. The summed E-state index contributed by atoms with van der Waals surface area (Å²) in [6.45, 7) is 7.58. The lowest BCUT2D eigenvalue weighted by Crippen LogP contribution is -2.60. The Morgan fingerprint density at radius 3 is 2.67 bits per heavy atom. The van der Waals surface area contributed by atoms with Crippen molar-refractivity contribution >= 4 is 5.82 Å². The monoisotopic (exact) mass is 402 g/mol. The molecule has 0 aliphatic carbocycles. The first-order valence-corrected chi connectivity index (χ1v) is 10.9. The second kappa shape index (κ2) is 6.61. The summed E-state index contributed by atoms with van der Waals surface area (Å²) < 4.78 is 11.2. The van der Waals surface area contributed by atoms with Gasteiger partial charge in [-0.25, -0.2) is 4.98 Å². The smallest absolute Gasteiger partial charge is 0.231 e. The Morgan fingerprint density at radius 2 is 1.87 bits per heavy atom. The Morgan fingerprint density at radius 1 is 1.07 bits per heavy atom. The van der Waals surface area contributed by atoms with Crippen LogP contribution in [0.2, 0.25) is 0 Å². The molecule has 6 heterocycles. The van der Waals surface area contributed by atoms with Crippen LogP contribution in [0.4, 0.5) is 5.82 Å². The van der Waals surface area contributed by atoms with Crippen LogP contribution in [0.5, 0.6) is 11.5 Å². The number of hydrogen-bond donors (Lipinski definition) is 0. The number of aryl methyl sites for hydroxylation is 2. The minimum atomic E-state index is 0.299. The summed E-state index contributed by atoms with van der Waals surface area (Å²) >= 11 is 0. The van der Waals surface area contributed by atoms with Gasteiger partial charge in [0.25, 0.3) is 0 Å². The molecule has 3 atom stereocenters. The van der Waals surface area contributed by atoms with E-state index in [0.717, 1.165) is 40.7 Å². The predicted octanol–water partition coefficient (Wildman–Crippen LogP) is 3.37. The van der Waals surface area contributed by atoms with Gasteiger partial charge in [0.1, 0.15) is 11.9 Å². The molecule has 4 fully saturated rings.